The van der Waals surface area contributed by atoms with Gasteiger partial charge in [-0.15, -0.1) is 0 Å². The van der Waals surface area contributed by atoms with Gasteiger partial charge in [-0.3, -0.25) is 0 Å². The summed E-state index contributed by atoms with van der Waals surface area (Å²) in [5, 5.41) is 8.91. The van der Waals surface area contributed by atoms with E-state index in [1.165, 1.54) is 17.0 Å². The molecule has 0 aromatic heterocycles. The van der Waals surface area contributed by atoms with Crippen LogP contribution in [-0.2, 0) is 17.7 Å². The predicted octanol–water partition coefficient (Wildman–Crippen LogP) is 2.82. The van der Waals surface area contributed by atoms with Gasteiger partial charge >= 0.3 is 12.1 Å². The quantitative estimate of drug-likeness (QED) is 0.865. The maximum absolute atomic E-state index is 13.7. The number of rotatable bonds is 1. The van der Waals surface area contributed by atoms with Crippen molar-refractivity contribution in [3.8, 4) is 0 Å². The molecule has 0 aliphatic carbocycles. The lowest BCUT2D eigenvalue weighted by molar-refractivity contribution is 0.0223. The van der Waals surface area contributed by atoms with Crippen LogP contribution in [-0.4, -0.2) is 34.2 Å². The fourth-order valence-electron chi connectivity index (χ4n) is 2.23. The third-order valence-corrected chi connectivity index (χ3v) is 3.18. The van der Waals surface area contributed by atoms with Crippen LogP contribution in [0, 0.1) is 5.82 Å². The minimum Gasteiger partial charge on any atom is -0.478 e. The number of carboxylic acid groups (broad SMARTS) is 1. The van der Waals surface area contributed by atoms with Crippen molar-refractivity contribution in [2.45, 2.75) is 39.3 Å². The number of benzene rings is 1. The Balaban J connectivity index is 2.19. The molecule has 0 fully saturated rings. The molecular formula is C15H18FNO4. The second-order valence-electron chi connectivity index (χ2n) is 6.06. The number of carboxylic acids is 1. The van der Waals surface area contributed by atoms with Crippen LogP contribution in [0.25, 0.3) is 0 Å². The van der Waals surface area contributed by atoms with Crippen molar-refractivity contribution in [3.63, 3.8) is 0 Å². The van der Waals surface area contributed by atoms with Crippen LogP contribution in [0.5, 0.6) is 0 Å². The average Bonchev–Trinajstić information content (AvgIpc) is 2.34. The molecule has 0 saturated heterocycles. The van der Waals surface area contributed by atoms with E-state index in [1.54, 1.807) is 20.8 Å². The highest BCUT2D eigenvalue weighted by Crippen LogP contribution is 2.24. The Kier molecular flexibility index (Phi) is 3.89. The molecule has 1 N–H and O–H groups in total. The summed E-state index contributed by atoms with van der Waals surface area (Å²) >= 11 is 0. The van der Waals surface area contributed by atoms with E-state index in [9.17, 15) is 14.0 Å². The summed E-state index contributed by atoms with van der Waals surface area (Å²) in [6.07, 6.45) is 0.0330. The standard InChI is InChI=1S/C15H18FNO4/c1-15(2,3)21-14(20)17-5-4-9-6-11(13(18)19)12(16)7-10(9)8-17/h6-7H,4-5,8H2,1-3H3,(H,18,19). The van der Waals surface area contributed by atoms with E-state index in [2.05, 4.69) is 0 Å². The second-order valence-corrected chi connectivity index (χ2v) is 6.06. The Bertz CT molecular complexity index is 592. The SMILES string of the molecule is CC(C)(C)OC(=O)N1CCc2cc(C(=O)O)c(F)cc2C1. The third kappa shape index (κ3) is 3.51. The maximum Gasteiger partial charge on any atom is 0.410 e. The molecule has 6 heteroatoms. The van der Waals surface area contributed by atoms with Gasteiger partial charge in [0.1, 0.15) is 11.4 Å². The van der Waals surface area contributed by atoms with Gasteiger partial charge in [0.25, 0.3) is 0 Å². The van der Waals surface area contributed by atoms with Crippen molar-refractivity contribution in [3.05, 3.63) is 34.6 Å². The molecule has 21 heavy (non-hydrogen) atoms. The smallest absolute Gasteiger partial charge is 0.410 e. The first kappa shape index (κ1) is 15.3. The molecule has 0 saturated carbocycles. The van der Waals surface area contributed by atoms with Crippen molar-refractivity contribution in [2.75, 3.05) is 6.54 Å². The highest BCUT2D eigenvalue weighted by Gasteiger charge is 2.27. The van der Waals surface area contributed by atoms with Crippen LogP contribution >= 0.6 is 0 Å². The van der Waals surface area contributed by atoms with Crippen LogP contribution in [0.1, 0.15) is 42.3 Å². The Morgan fingerprint density at radius 3 is 2.52 bits per heavy atom. The van der Waals surface area contributed by atoms with Crippen LogP contribution in [0.2, 0.25) is 0 Å². The molecule has 0 atom stereocenters. The molecule has 0 spiro atoms. The molecule has 0 unspecified atom stereocenters. The lowest BCUT2D eigenvalue weighted by atomic mass is 9.97. The summed E-state index contributed by atoms with van der Waals surface area (Å²) in [6.45, 7) is 5.98. The highest BCUT2D eigenvalue weighted by molar-refractivity contribution is 5.88. The molecule has 1 amide bonds. The minimum atomic E-state index is -1.29. The largest absolute Gasteiger partial charge is 0.478 e. The van der Waals surface area contributed by atoms with Crippen molar-refractivity contribution in [1.29, 1.82) is 0 Å². The number of ether oxygens (including phenoxy) is 1. The Morgan fingerprint density at radius 1 is 1.29 bits per heavy atom. The van der Waals surface area contributed by atoms with E-state index in [4.69, 9.17) is 9.84 Å². The van der Waals surface area contributed by atoms with Crippen LogP contribution in [0.15, 0.2) is 12.1 Å². The zero-order chi connectivity index (χ0) is 15.8. The van der Waals surface area contributed by atoms with Gasteiger partial charge < -0.3 is 14.7 Å². The number of fused-ring (bicyclic) bond motifs is 1. The van der Waals surface area contributed by atoms with Crippen molar-refractivity contribution in [1.82, 2.24) is 4.90 Å². The number of nitrogens with zero attached hydrogens (tertiary/aromatic N) is 1. The Morgan fingerprint density at radius 2 is 1.95 bits per heavy atom. The summed E-state index contributed by atoms with van der Waals surface area (Å²) in [5.74, 6) is -2.07. The van der Waals surface area contributed by atoms with Gasteiger partial charge in [0.05, 0.1) is 5.56 Å². The molecule has 5 nitrogen and oxygen atoms in total. The van der Waals surface area contributed by atoms with E-state index >= 15 is 0 Å². The van der Waals surface area contributed by atoms with Crippen molar-refractivity contribution < 1.29 is 23.8 Å². The Labute approximate surface area is 122 Å². The van der Waals surface area contributed by atoms with Gasteiger partial charge in [-0.2, -0.15) is 0 Å². The van der Waals surface area contributed by atoms with E-state index < -0.39 is 23.5 Å². The first-order valence-electron chi connectivity index (χ1n) is 6.70. The van der Waals surface area contributed by atoms with E-state index in [1.807, 2.05) is 0 Å². The number of halogens is 1. The first-order chi connectivity index (χ1) is 9.67. The van der Waals surface area contributed by atoms with E-state index in [0.717, 1.165) is 5.56 Å². The van der Waals surface area contributed by atoms with Crippen LogP contribution in [0.4, 0.5) is 9.18 Å². The lowest BCUT2D eigenvalue weighted by Gasteiger charge is -2.31. The summed E-state index contributed by atoms with van der Waals surface area (Å²) in [4.78, 5) is 24.4. The normalized spacial score (nSPS) is 14.6. The van der Waals surface area contributed by atoms with Gasteiger partial charge in [0, 0.05) is 13.1 Å². The molecule has 0 radical (unpaired) electrons. The number of amides is 1. The lowest BCUT2D eigenvalue weighted by Crippen LogP contribution is -2.40. The average molecular weight is 295 g/mol. The zero-order valence-electron chi connectivity index (χ0n) is 12.3. The van der Waals surface area contributed by atoms with Gasteiger partial charge in [0.2, 0.25) is 0 Å². The molecular weight excluding hydrogens is 277 g/mol. The van der Waals surface area contributed by atoms with E-state index in [0.29, 0.717) is 18.5 Å². The van der Waals surface area contributed by atoms with Crippen molar-refractivity contribution >= 4 is 12.1 Å². The second kappa shape index (κ2) is 5.35. The van der Waals surface area contributed by atoms with Crippen LogP contribution < -0.4 is 0 Å². The van der Waals surface area contributed by atoms with Gasteiger partial charge in [-0.25, -0.2) is 14.0 Å². The molecule has 1 heterocycles. The molecule has 0 bridgehead atoms. The van der Waals surface area contributed by atoms with Crippen molar-refractivity contribution in [2.24, 2.45) is 0 Å². The number of hydrogen-bond acceptors (Lipinski definition) is 3. The number of carbonyl (C=O) groups excluding carboxylic acids is 1. The predicted molar refractivity (Wildman–Crippen MR) is 73.7 cm³/mol. The van der Waals surface area contributed by atoms with Gasteiger partial charge in [0.15, 0.2) is 0 Å². The zero-order valence-corrected chi connectivity index (χ0v) is 12.3. The topological polar surface area (TPSA) is 66.8 Å². The highest BCUT2D eigenvalue weighted by atomic mass is 19.1. The molecule has 1 aromatic carbocycles. The molecule has 2 rings (SSSR count). The molecule has 1 aliphatic heterocycles. The summed E-state index contributed by atoms with van der Waals surface area (Å²) in [5.41, 5.74) is 0.457. The molecule has 1 aromatic rings. The van der Waals surface area contributed by atoms with Gasteiger partial charge in [-0.1, -0.05) is 0 Å². The van der Waals surface area contributed by atoms with Gasteiger partial charge in [-0.05, 0) is 50.5 Å². The summed E-state index contributed by atoms with van der Waals surface area (Å²) < 4.78 is 19.0. The maximum atomic E-state index is 13.7. The van der Waals surface area contributed by atoms with Crippen LogP contribution in [0.3, 0.4) is 0 Å². The first-order valence-corrected chi connectivity index (χ1v) is 6.70. The monoisotopic (exact) mass is 295 g/mol. The number of carbonyl (C=O) groups is 2. The number of hydrogen-bond donors (Lipinski definition) is 1. The molecule has 114 valence electrons. The summed E-state index contributed by atoms with van der Waals surface area (Å²) in [7, 11) is 0. The third-order valence-electron chi connectivity index (χ3n) is 3.18. The summed E-state index contributed by atoms with van der Waals surface area (Å²) in [6, 6.07) is 2.54. The molecule has 1 aliphatic rings. The van der Waals surface area contributed by atoms with E-state index in [-0.39, 0.29) is 12.1 Å². The number of aromatic carboxylic acids is 1. The Hall–Kier alpha value is -2.11. The fraction of sp³-hybridized carbons (Fsp3) is 0.467. The minimum absolute atomic E-state index is 0.223. The fourth-order valence-corrected chi connectivity index (χ4v) is 2.23.